The number of H-pyrrole nitrogens is 1. The van der Waals surface area contributed by atoms with Crippen LogP contribution in [-0.2, 0) is 20.7 Å². The Bertz CT molecular complexity index is 846. The number of aromatic amines is 1. The van der Waals surface area contributed by atoms with E-state index < -0.39 is 0 Å². The molecule has 1 unspecified atom stereocenters. The van der Waals surface area contributed by atoms with Crippen LogP contribution in [0, 0.1) is 5.92 Å². The summed E-state index contributed by atoms with van der Waals surface area (Å²) in [6.07, 6.45) is 1.60. The average molecular weight is 343 g/mol. The lowest BCUT2D eigenvalue weighted by atomic mass is 9.97. The highest BCUT2D eigenvalue weighted by molar-refractivity contribution is 5.88. The number of aromatic nitrogens is 2. The van der Waals surface area contributed by atoms with Crippen molar-refractivity contribution in [3.63, 3.8) is 0 Å². The molecule has 1 aromatic carbocycles. The zero-order chi connectivity index (χ0) is 17.8. The Morgan fingerprint density at radius 2 is 2.08 bits per heavy atom. The van der Waals surface area contributed by atoms with E-state index in [-0.39, 0.29) is 29.8 Å². The minimum absolute atomic E-state index is 0.0901. The molecule has 0 spiro atoms. The number of piperidine rings is 1. The normalized spacial score (nSPS) is 17.5. The minimum Gasteiger partial charge on any atom is -0.466 e. The van der Waals surface area contributed by atoms with Crippen LogP contribution in [0.3, 0.4) is 0 Å². The molecular weight excluding hydrogens is 322 g/mol. The van der Waals surface area contributed by atoms with E-state index in [1.807, 2.05) is 6.07 Å². The van der Waals surface area contributed by atoms with E-state index in [0.29, 0.717) is 36.2 Å². The molecule has 1 aliphatic heterocycles. The molecule has 1 aliphatic rings. The van der Waals surface area contributed by atoms with E-state index in [2.05, 4.69) is 10.2 Å². The topological polar surface area (TPSA) is 92.4 Å². The van der Waals surface area contributed by atoms with Crippen LogP contribution < -0.4 is 5.56 Å². The molecule has 0 bridgehead atoms. The number of nitrogens with one attached hydrogen (secondary N) is 1. The van der Waals surface area contributed by atoms with Gasteiger partial charge in [-0.2, -0.15) is 5.10 Å². The molecule has 1 fully saturated rings. The first-order valence-corrected chi connectivity index (χ1v) is 8.51. The van der Waals surface area contributed by atoms with E-state index in [1.165, 1.54) is 0 Å². The second-order valence-electron chi connectivity index (χ2n) is 6.15. The summed E-state index contributed by atoms with van der Waals surface area (Å²) in [5.74, 6) is -0.607. The van der Waals surface area contributed by atoms with Crippen molar-refractivity contribution in [1.82, 2.24) is 15.1 Å². The van der Waals surface area contributed by atoms with Crippen molar-refractivity contribution in [3.8, 4) is 0 Å². The minimum atomic E-state index is -0.271. The number of carbonyl (C=O) groups is 2. The van der Waals surface area contributed by atoms with Gasteiger partial charge in [0.2, 0.25) is 5.91 Å². The van der Waals surface area contributed by atoms with Crippen molar-refractivity contribution in [2.75, 3.05) is 19.7 Å². The van der Waals surface area contributed by atoms with E-state index in [4.69, 9.17) is 4.74 Å². The molecule has 0 aliphatic carbocycles. The lowest BCUT2D eigenvalue weighted by molar-refractivity contribution is -0.151. The van der Waals surface area contributed by atoms with Gasteiger partial charge in [-0.05, 0) is 25.8 Å². The molecule has 1 amide bonds. The summed E-state index contributed by atoms with van der Waals surface area (Å²) in [7, 11) is 0. The van der Waals surface area contributed by atoms with Crippen molar-refractivity contribution < 1.29 is 14.3 Å². The summed E-state index contributed by atoms with van der Waals surface area (Å²) in [6.45, 7) is 3.11. The van der Waals surface area contributed by atoms with Gasteiger partial charge in [0, 0.05) is 18.5 Å². The molecule has 132 valence electrons. The van der Waals surface area contributed by atoms with Crippen LogP contribution in [0.15, 0.2) is 29.1 Å². The Morgan fingerprint density at radius 3 is 2.84 bits per heavy atom. The van der Waals surface area contributed by atoms with Gasteiger partial charge < -0.3 is 9.64 Å². The average Bonchev–Trinajstić information content (AvgIpc) is 2.64. The second-order valence-corrected chi connectivity index (χ2v) is 6.15. The summed E-state index contributed by atoms with van der Waals surface area (Å²) in [4.78, 5) is 38.1. The van der Waals surface area contributed by atoms with Gasteiger partial charge in [0.05, 0.1) is 30.0 Å². The first-order valence-electron chi connectivity index (χ1n) is 8.51. The highest BCUT2D eigenvalue weighted by Crippen LogP contribution is 2.20. The molecule has 1 N–H and O–H groups in total. The van der Waals surface area contributed by atoms with Crippen LogP contribution in [0.5, 0.6) is 0 Å². The van der Waals surface area contributed by atoms with Gasteiger partial charge in [-0.15, -0.1) is 0 Å². The summed E-state index contributed by atoms with van der Waals surface area (Å²) in [6, 6.07) is 7.09. The van der Waals surface area contributed by atoms with E-state index in [1.54, 1.807) is 30.0 Å². The summed E-state index contributed by atoms with van der Waals surface area (Å²) >= 11 is 0. The predicted molar refractivity (Wildman–Crippen MR) is 92.0 cm³/mol. The standard InChI is InChI=1S/C18H21N3O4/c1-2-25-18(24)12-6-5-9-21(11-12)16(22)10-15-13-7-3-4-8-14(13)17(23)20-19-15/h3-4,7-8,12H,2,5-6,9-11H2,1H3,(H,20,23). The van der Waals surface area contributed by atoms with E-state index in [0.717, 1.165) is 12.8 Å². The summed E-state index contributed by atoms with van der Waals surface area (Å²) in [5, 5.41) is 7.69. The SMILES string of the molecule is CCOC(=O)C1CCCN(C(=O)Cc2n[nH]c(=O)c3ccccc23)C1. The van der Waals surface area contributed by atoms with Crippen molar-refractivity contribution in [3.05, 3.63) is 40.3 Å². The number of nitrogens with zero attached hydrogens (tertiary/aromatic N) is 2. The number of hydrogen-bond donors (Lipinski definition) is 1. The Labute approximate surface area is 145 Å². The largest absolute Gasteiger partial charge is 0.466 e. The van der Waals surface area contributed by atoms with Gasteiger partial charge in [0.15, 0.2) is 0 Å². The third-order valence-corrected chi connectivity index (χ3v) is 4.49. The second kappa shape index (κ2) is 7.46. The fourth-order valence-corrected chi connectivity index (χ4v) is 3.22. The highest BCUT2D eigenvalue weighted by Gasteiger charge is 2.29. The number of amides is 1. The zero-order valence-electron chi connectivity index (χ0n) is 14.2. The number of fused-ring (bicyclic) bond motifs is 1. The van der Waals surface area contributed by atoms with Gasteiger partial charge in [0.1, 0.15) is 0 Å². The van der Waals surface area contributed by atoms with Crippen LogP contribution in [0.4, 0.5) is 0 Å². The van der Waals surface area contributed by atoms with Crippen LogP contribution in [-0.4, -0.2) is 46.7 Å². The number of ether oxygens (including phenoxy) is 1. The van der Waals surface area contributed by atoms with Gasteiger partial charge in [-0.3, -0.25) is 14.4 Å². The van der Waals surface area contributed by atoms with E-state index >= 15 is 0 Å². The summed E-state index contributed by atoms with van der Waals surface area (Å²) < 4.78 is 5.07. The van der Waals surface area contributed by atoms with Crippen LogP contribution >= 0.6 is 0 Å². The lowest BCUT2D eigenvalue weighted by Gasteiger charge is -2.31. The maximum atomic E-state index is 12.7. The fourth-order valence-electron chi connectivity index (χ4n) is 3.22. The molecule has 1 aromatic heterocycles. The smallest absolute Gasteiger partial charge is 0.310 e. The first-order chi connectivity index (χ1) is 12.1. The third-order valence-electron chi connectivity index (χ3n) is 4.49. The molecule has 2 heterocycles. The fraction of sp³-hybridized carbons (Fsp3) is 0.444. The number of rotatable bonds is 4. The third kappa shape index (κ3) is 3.70. The molecule has 0 radical (unpaired) electrons. The lowest BCUT2D eigenvalue weighted by Crippen LogP contribution is -2.43. The Kier molecular flexibility index (Phi) is 5.11. The molecule has 3 rings (SSSR count). The van der Waals surface area contributed by atoms with Crippen molar-refractivity contribution >= 4 is 22.6 Å². The molecule has 7 heteroatoms. The maximum Gasteiger partial charge on any atom is 0.310 e. The first kappa shape index (κ1) is 17.1. The van der Waals surface area contributed by atoms with Crippen LogP contribution in [0.1, 0.15) is 25.5 Å². The number of benzene rings is 1. The molecule has 1 atom stereocenters. The van der Waals surface area contributed by atoms with Gasteiger partial charge in [-0.1, -0.05) is 18.2 Å². The van der Waals surface area contributed by atoms with Crippen molar-refractivity contribution in [2.45, 2.75) is 26.2 Å². The van der Waals surface area contributed by atoms with Crippen molar-refractivity contribution in [1.29, 1.82) is 0 Å². The molecule has 7 nitrogen and oxygen atoms in total. The quantitative estimate of drug-likeness (QED) is 0.844. The molecule has 0 saturated carbocycles. The van der Waals surface area contributed by atoms with E-state index in [9.17, 15) is 14.4 Å². The monoisotopic (exact) mass is 343 g/mol. The number of likely N-dealkylation sites (tertiary alicyclic amines) is 1. The van der Waals surface area contributed by atoms with Crippen LogP contribution in [0.25, 0.3) is 10.8 Å². The summed E-state index contributed by atoms with van der Waals surface area (Å²) in [5.41, 5.74) is 0.269. The van der Waals surface area contributed by atoms with Gasteiger partial charge in [-0.25, -0.2) is 5.10 Å². The van der Waals surface area contributed by atoms with Crippen molar-refractivity contribution in [2.24, 2.45) is 5.92 Å². The molecule has 2 aromatic rings. The van der Waals surface area contributed by atoms with Crippen LogP contribution in [0.2, 0.25) is 0 Å². The zero-order valence-corrected chi connectivity index (χ0v) is 14.2. The Hall–Kier alpha value is -2.70. The number of hydrogen-bond acceptors (Lipinski definition) is 5. The maximum absolute atomic E-state index is 12.7. The number of carbonyl (C=O) groups excluding carboxylic acids is 2. The van der Waals surface area contributed by atoms with Gasteiger partial charge >= 0.3 is 5.97 Å². The Balaban J connectivity index is 1.75. The molecule has 25 heavy (non-hydrogen) atoms. The molecular formula is C18H21N3O4. The number of esters is 1. The highest BCUT2D eigenvalue weighted by atomic mass is 16.5. The molecule has 1 saturated heterocycles. The predicted octanol–water partition coefficient (Wildman–Crippen LogP) is 1.27. The Morgan fingerprint density at radius 1 is 1.32 bits per heavy atom. The van der Waals surface area contributed by atoms with Gasteiger partial charge in [0.25, 0.3) is 5.56 Å².